The van der Waals surface area contributed by atoms with Gasteiger partial charge >= 0.3 is 0 Å². The van der Waals surface area contributed by atoms with Gasteiger partial charge in [-0.25, -0.2) is 0 Å². The minimum absolute atomic E-state index is 0.0690. The third-order valence-corrected chi connectivity index (χ3v) is 19.9. The molecule has 8 N–H and O–H groups in total. The second-order valence-corrected chi connectivity index (χ2v) is 29.6. The van der Waals surface area contributed by atoms with Crippen molar-refractivity contribution >= 4 is 6.08 Å². The Morgan fingerprint density at radius 3 is 0.907 bits per heavy atom. The van der Waals surface area contributed by atoms with Crippen molar-refractivity contribution in [2.45, 2.75) is 321 Å². The highest BCUT2D eigenvalue weighted by Gasteiger charge is 2.41. The highest BCUT2D eigenvalue weighted by molar-refractivity contribution is 5.49. The molecule has 5 aromatic carbocycles. The van der Waals surface area contributed by atoms with Gasteiger partial charge < -0.3 is 36.4 Å². The summed E-state index contributed by atoms with van der Waals surface area (Å²) >= 11 is 0. The van der Waals surface area contributed by atoms with Crippen LogP contribution in [0.3, 0.4) is 0 Å². The van der Waals surface area contributed by atoms with Gasteiger partial charge in [0.25, 0.3) is 5.54 Å². The molecule has 0 aliphatic rings. The molecule has 108 heavy (non-hydrogen) atoms. The van der Waals surface area contributed by atoms with Gasteiger partial charge in [-0.15, -0.1) is 0 Å². The van der Waals surface area contributed by atoms with E-state index < -0.39 is 52.9 Å². The lowest BCUT2D eigenvalue weighted by Crippen LogP contribution is -2.47. The van der Waals surface area contributed by atoms with Crippen LogP contribution in [0.5, 0.6) is 0 Å². The van der Waals surface area contributed by atoms with Gasteiger partial charge in [0, 0.05) is 32.5 Å². The zero-order valence-electron chi connectivity index (χ0n) is 67.1. The number of aliphatic hydroxyl groups is 6. The summed E-state index contributed by atoms with van der Waals surface area (Å²) in [7, 11) is 0. The molecular weight excluding hydrogens is 1360 g/mol. The minimum atomic E-state index is -1.64. The Hall–Kier alpha value is -6.84. The molecule has 0 saturated carbocycles. The molecule has 0 spiro atoms. The number of nitrogens with zero attached hydrogens (tertiary/aromatic N) is 4. The van der Waals surface area contributed by atoms with Gasteiger partial charge in [-0.3, -0.25) is 40.5 Å². The maximum Gasteiger partial charge on any atom is 0.267 e. The van der Waals surface area contributed by atoms with Crippen LogP contribution in [0.1, 0.15) is 308 Å². The van der Waals surface area contributed by atoms with Crippen LogP contribution in [-0.2, 0) is 51.4 Å². The van der Waals surface area contributed by atoms with Gasteiger partial charge in [-0.2, -0.15) is 0 Å². The summed E-state index contributed by atoms with van der Waals surface area (Å²) in [6.07, 6.45) is 48.8. The van der Waals surface area contributed by atoms with Crippen molar-refractivity contribution in [3.05, 3.63) is 223 Å². The third kappa shape index (κ3) is 50.8. The number of unbranched alkanes of at least 4 members (excludes halogenated alkanes) is 25. The zero-order chi connectivity index (χ0) is 79.7. The molecule has 608 valence electrons. The topological polar surface area (TPSA) is 320 Å². The Bertz CT molecular complexity index is 3020. The number of benzene rings is 5. The van der Waals surface area contributed by atoms with Crippen molar-refractivity contribution in [3.63, 3.8) is 0 Å². The van der Waals surface area contributed by atoms with Crippen molar-refractivity contribution in [1.29, 1.82) is 0 Å². The number of hydrogen-bond acceptors (Lipinski definition) is 15. The van der Waals surface area contributed by atoms with Crippen LogP contribution in [0.25, 0.3) is 6.08 Å². The van der Waals surface area contributed by atoms with Gasteiger partial charge in [-0.1, -0.05) is 323 Å². The molecule has 0 aromatic heterocycles. The van der Waals surface area contributed by atoms with Gasteiger partial charge in [-0.05, 0) is 152 Å². The van der Waals surface area contributed by atoms with Gasteiger partial charge in [0.05, 0.1) is 18.8 Å². The molecule has 0 aliphatic heterocycles. The monoisotopic (exact) mass is 1510 g/mol. The first-order valence-electron chi connectivity index (χ1n) is 41.4. The molecule has 0 radical (unpaired) electrons. The molecule has 0 amide bonds. The Balaban J connectivity index is 0.000000676. The average Bonchev–Trinajstić information content (AvgIpc) is 0.855. The highest BCUT2D eigenvalue weighted by Crippen LogP contribution is 2.23. The molecule has 19 heteroatoms. The molecular formula is C89H143N5O14. The van der Waals surface area contributed by atoms with Crippen LogP contribution in [0.4, 0.5) is 0 Å². The average molecular weight is 1510 g/mol. The molecule has 5 aromatic rings. The fourth-order valence-electron chi connectivity index (χ4n) is 12.4. The Morgan fingerprint density at radius 2 is 0.630 bits per heavy atom. The number of aliphatic hydroxyl groups excluding tert-OH is 6. The maximum atomic E-state index is 11.1. The summed E-state index contributed by atoms with van der Waals surface area (Å²) in [5, 5.41) is 98.2. The van der Waals surface area contributed by atoms with E-state index in [0.29, 0.717) is 24.8 Å². The largest absolute Gasteiger partial charge is 0.394 e. The highest BCUT2D eigenvalue weighted by atomic mass is 16.6. The number of nitro groups is 4. The number of hydrogen-bond donors (Lipinski definition) is 7. The lowest BCUT2D eigenvalue weighted by atomic mass is 9.93. The normalized spacial score (nSPS) is 11.8. The second-order valence-electron chi connectivity index (χ2n) is 29.6. The van der Waals surface area contributed by atoms with Crippen LogP contribution in [0, 0.1) is 40.5 Å². The smallest absolute Gasteiger partial charge is 0.267 e. The second kappa shape index (κ2) is 64.9. The van der Waals surface area contributed by atoms with Crippen LogP contribution in [0.15, 0.2) is 127 Å². The molecule has 0 heterocycles. The fourth-order valence-corrected chi connectivity index (χ4v) is 12.4. The van der Waals surface area contributed by atoms with Crippen molar-refractivity contribution < 1.29 is 50.3 Å². The molecule has 0 aliphatic carbocycles. The van der Waals surface area contributed by atoms with Crippen molar-refractivity contribution in [2.75, 3.05) is 46.1 Å². The van der Waals surface area contributed by atoms with Crippen molar-refractivity contribution in [2.24, 2.45) is 5.73 Å². The SMILES string of the molecule is CCCCCCCCc1ccc(/C=C/C[N+](=O)[O-])cc1.CCCCCCCCc1ccc(C(O)C(O)C[N+](=O)[O-])cc1.CCCCCCCCc1ccc(CCC(CO)(CO)[N+](=O)[O-])cc1.CCCCCCCCc1ccc(CCC(N)(CO)CO)cc1.CCCCCCCCc1ccc(CCC[N+](=O)[O-])cc1. The van der Waals surface area contributed by atoms with E-state index in [4.69, 9.17) is 5.73 Å². The van der Waals surface area contributed by atoms with Crippen molar-refractivity contribution in [1.82, 2.24) is 0 Å². The minimum Gasteiger partial charge on any atom is -0.394 e. The third-order valence-electron chi connectivity index (χ3n) is 19.9. The van der Waals surface area contributed by atoms with Gasteiger partial charge in [0.1, 0.15) is 25.4 Å². The summed E-state index contributed by atoms with van der Waals surface area (Å²) < 4.78 is 0. The number of nitrogens with two attached hydrogens (primary N) is 1. The number of aryl methyl sites for hydroxylation is 8. The molecule has 0 saturated heterocycles. The van der Waals surface area contributed by atoms with Gasteiger partial charge in [0.15, 0.2) is 0 Å². The molecule has 0 fully saturated rings. The Labute approximate surface area is 649 Å². The first kappa shape index (κ1) is 99.2. The summed E-state index contributed by atoms with van der Waals surface area (Å²) in [6.45, 7) is 8.81. The van der Waals surface area contributed by atoms with E-state index in [9.17, 15) is 71.1 Å². The van der Waals surface area contributed by atoms with E-state index in [2.05, 4.69) is 107 Å². The molecule has 2 unspecified atom stereocenters. The first-order valence-corrected chi connectivity index (χ1v) is 41.4. The standard InChI is InChI=1S/C19H31NO4.C19H33NO2.C17H27NO4.C17H27NO2.C17H25NO2/c1-2-3-4-5-6-7-8-17-9-11-18(12-10-17)13-14-19(15-21,16-22)20(23)24;1-2-3-4-5-6-7-8-17-9-11-18(12-10-17)13-14-19(20,15-21)16-22;1-2-3-4-5-6-7-8-14-9-11-15(12-10-14)17(20)16(19)13-18(21)22;2*1-2-3-4-5-6-7-9-16-11-13-17(14-12-16)10-8-15-18(19)20/h9-12,21-22H,2-8,13-16H2,1H3;9-12,21-22H,2-8,13-16,20H2,1H3;9-12,16-17,19-20H,2-8,13H2,1H3;11-14H,2-10,15H2,1H3;8,10-14H,2-7,9,15H2,1H3/b;;;;10-8+. The van der Waals surface area contributed by atoms with E-state index in [1.807, 2.05) is 36.4 Å². The van der Waals surface area contributed by atoms with E-state index in [-0.39, 0.29) is 42.6 Å². The molecule has 2 atom stereocenters. The Morgan fingerprint density at radius 1 is 0.352 bits per heavy atom. The lowest BCUT2D eigenvalue weighted by Gasteiger charge is -2.24. The molecule has 0 bridgehead atoms. The Kier molecular flexibility index (Phi) is 59.6. The summed E-state index contributed by atoms with van der Waals surface area (Å²) in [4.78, 5) is 40.1. The van der Waals surface area contributed by atoms with Crippen LogP contribution < -0.4 is 5.73 Å². The quantitative estimate of drug-likeness (QED) is 0.0108. The van der Waals surface area contributed by atoms with E-state index in [1.54, 1.807) is 24.3 Å². The van der Waals surface area contributed by atoms with E-state index in [0.717, 1.165) is 62.5 Å². The zero-order valence-corrected chi connectivity index (χ0v) is 67.1. The van der Waals surface area contributed by atoms with Crippen molar-refractivity contribution in [3.8, 4) is 0 Å². The van der Waals surface area contributed by atoms with Crippen LogP contribution in [0.2, 0.25) is 0 Å². The van der Waals surface area contributed by atoms with E-state index >= 15 is 0 Å². The lowest BCUT2D eigenvalue weighted by molar-refractivity contribution is -0.578. The fraction of sp³-hybridized carbons (Fsp3) is 0.640. The predicted octanol–water partition coefficient (Wildman–Crippen LogP) is 19.7. The molecule has 19 nitrogen and oxygen atoms in total. The first-order chi connectivity index (χ1) is 52.2. The predicted molar refractivity (Wildman–Crippen MR) is 443 cm³/mol. The summed E-state index contributed by atoms with van der Waals surface area (Å²) in [5.74, 6) is 0. The molecule has 5 rings (SSSR count). The van der Waals surface area contributed by atoms with Gasteiger partial charge in [0.2, 0.25) is 19.6 Å². The van der Waals surface area contributed by atoms with Crippen LogP contribution in [-0.4, -0.2) is 114 Å². The maximum absolute atomic E-state index is 11.1. The number of rotatable bonds is 57. The summed E-state index contributed by atoms with van der Waals surface area (Å²) in [6, 6.07) is 41.0. The van der Waals surface area contributed by atoms with Crippen LogP contribution >= 0.6 is 0 Å². The summed E-state index contributed by atoms with van der Waals surface area (Å²) in [5.41, 5.74) is 15.0. The van der Waals surface area contributed by atoms with E-state index in [1.165, 1.54) is 225 Å².